The standard InChI is InChI=1S/C12H14BF3N3O.K/c1-3-19-12(17-8-18-19)7-20-11-5-4-9(2)6-10(11)13(14,15)16;/h4-6,8H,3,7H2,1-2H3;/q-1;+1. The summed E-state index contributed by atoms with van der Waals surface area (Å²) in [5.74, 6) is 0.322. The Labute approximate surface area is 163 Å². The van der Waals surface area contributed by atoms with Crippen LogP contribution in [0, 0.1) is 6.92 Å². The number of hydrogen-bond donors (Lipinski definition) is 0. The number of hydrogen-bond acceptors (Lipinski definition) is 3. The summed E-state index contributed by atoms with van der Waals surface area (Å²) in [5.41, 5.74) is -0.171. The van der Waals surface area contributed by atoms with Gasteiger partial charge in [0, 0.05) is 6.54 Å². The molecule has 1 aromatic carbocycles. The summed E-state index contributed by atoms with van der Waals surface area (Å²) in [6, 6.07) is 4.03. The third kappa shape index (κ3) is 4.82. The van der Waals surface area contributed by atoms with Crippen LogP contribution in [0.15, 0.2) is 24.5 Å². The van der Waals surface area contributed by atoms with Crippen molar-refractivity contribution in [2.45, 2.75) is 27.0 Å². The van der Waals surface area contributed by atoms with E-state index >= 15 is 0 Å². The van der Waals surface area contributed by atoms with Crippen LogP contribution in [0.25, 0.3) is 0 Å². The number of aryl methyl sites for hydroxylation is 2. The second-order valence-corrected chi connectivity index (χ2v) is 4.40. The minimum Gasteiger partial charge on any atom is -0.489 e. The monoisotopic (exact) mass is 323 g/mol. The van der Waals surface area contributed by atoms with Gasteiger partial charge < -0.3 is 17.7 Å². The van der Waals surface area contributed by atoms with Gasteiger partial charge in [-0.15, -0.1) is 0 Å². The molecule has 0 spiro atoms. The van der Waals surface area contributed by atoms with E-state index in [9.17, 15) is 12.9 Å². The van der Waals surface area contributed by atoms with Crippen LogP contribution in [-0.4, -0.2) is 21.7 Å². The predicted molar refractivity (Wildman–Crippen MR) is 69.9 cm³/mol. The van der Waals surface area contributed by atoms with Crippen molar-refractivity contribution in [1.82, 2.24) is 14.8 Å². The number of nitrogens with zero attached hydrogens (tertiary/aromatic N) is 3. The fourth-order valence-corrected chi connectivity index (χ4v) is 1.86. The quantitative estimate of drug-likeness (QED) is 0.680. The van der Waals surface area contributed by atoms with E-state index in [1.165, 1.54) is 12.4 Å². The molecule has 0 saturated carbocycles. The molecule has 0 fully saturated rings. The Bertz CT molecular complexity index is 604. The molecule has 1 heterocycles. The molecule has 4 nitrogen and oxygen atoms in total. The molecule has 0 atom stereocenters. The van der Waals surface area contributed by atoms with Gasteiger partial charge >= 0.3 is 58.4 Å². The zero-order valence-electron chi connectivity index (χ0n) is 12.2. The average Bonchev–Trinajstić information content (AvgIpc) is 2.83. The summed E-state index contributed by atoms with van der Waals surface area (Å²) in [6.45, 7) is -1.09. The Morgan fingerprint density at radius 3 is 2.62 bits per heavy atom. The Hall–Kier alpha value is -0.349. The SMILES string of the molecule is CCn1ncnc1COc1ccc(C)cc1[B-](F)(F)F.[K+]. The van der Waals surface area contributed by atoms with E-state index in [0.717, 1.165) is 6.07 Å². The molecule has 0 N–H and O–H groups in total. The first-order valence-corrected chi connectivity index (χ1v) is 6.21. The Morgan fingerprint density at radius 2 is 2.00 bits per heavy atom. The fourth-order valence-electron chi connectivity index (χ4n) is 1.86. The number of benzene rings is 1. The zero-order valence-corrected chi connectivity index (χ0v) is 15.3. The Balaban J connectivity index is 0.00000220. The van der Waals surface area contributed by atoms with Crippen molar-refractivity contribution >= 4 is 12.4 Å². The molecule has 0 amide bonds. The summed E-state index contributed by atoms with van der Waals surface area (Å²) >= 11 is 0. The van der Waals surface area contributed by atoms with Crippen molar-refractivity contribution in [3.8, 4) is 5.75 Å². The van der Waals surface area contributed by atoms with Crippen LogP contribution in [0.5, 0.6) is 5.75 Å². The van der Waals surface area contributed by atoms with Gasteiger partial charge in [-0.25, -0.2) is 9.67 Å². The first kappa shape index (κ1) is 18.7. The summed E-state index contributed by atoms with van der Waals surface area (Å²) in [5, 5.41) is 3.94. The summed E-state index contributed by atoms with van der Waals surface area (Å²) in [4.78, 5) is 3.96. The molecule has 1 aromatic heterocycles. The molecular formula is C12H14BF3KN3O. The first-order valence-electron chi connectivity index (χ1n) is 6.21. The van der Waals surface area contributed by atoms with Crippen LogP contribution in [0.4, 0.5) is 12.9 Å². The minimum atomic E-state index is -5.11. The van der Waals surface area contributed by atoms with Gasteiger partial charge in [-0.1, -0.05) is 23.2 Å². The summed E-state index contributed by atoms with van der Waals surface area (Å²) < 4.78 is 45.8. The Kier molecular flexibility index (Phi) is 6.92. The van der Waals surface area contributed by atoms with Gasteiger partial charge in [0.25, 0.3) is 0 Å². The minimum absolute atomic E-state index is 0. The van der Waals surface area contributed by atoms with Crippen LogP contribution in [0.1, 0.15) is 18.3 Å². The van der Waals surface area contributed by atoms with Crippen LogP contribution in [-0.2, 0) is 13.2 Å². The molecule has 21 heavy (non-hydrogen) atoms. The molecule has 0 saturated heterocycles. The van der Waals surface area contributed by atoms with Gasteiger partial charge in [-0.2, -0.15) is 5.10 Å². The average molecular weight is 323 g/mol. The van der Waals surface area contributed by atoms with Gasteiger partial charge in [0.05, 0.1) is 5.75 Å². The maximum Gasteiger partial charge on any atom is 1.00 e. The topological polar surface area (TPSA) is 39.9 Å². The van der Waals surface area contributed by atoms with E-state index in [2.05, 4.69) is 10.1 Å². The third-order valence-corrected chi connectivity index (χ3v) is 2.87. The Morgan fingerprint density at radius 1 is 1.29 bits per heavy atom. The number of rotatable bonds is 5. The molecule has 0 aliphatic rings. The fraction of sp³-hybridized carbons (Fsp3) is 0.333. The summed E-state index contributed by atoms with van der Waals surface area (Å²) in [7, 11) is 0. The second kappa shape index (κ2) is 7.78. The molecule has 108 valence electrons. The predicted octanol–water partition coefficient (Wildman–Crippen LogP) is -0.756. The van der Waals surface area contributed by atoms with Crippen LogP contribution in [0.2, 0.25) is 0 Å². The van der Waals surface area contributed by atoms with Crippen LogP contribution < -0.4 is 61.6 Å². The maximum atomic E-state index is 13.0. The molecule has 0 unspecified atom stereocenters. The van der Waals surface area contributed by atoms with Crippen molar-refractivity contribution in [1.29, 1.82) is 0 Å². The van der Waals surface area contributed by atoms with E-state index in [-0.39, 0.29) is 63.7 Å². The van der Waals surface area contributed by atoms with Gasteiger partial charge in [-0.3, -0.25) is 0 Å². The van der Waals surface area contributed by atoms with E-state index in [0.29, 0.717) is 17.9 Å². The number of aromatic nitrogens is 3. The largest absolute Gasteiger partial charge is 1.00 e. The van der Waals surface area contributed by atoms with Gasteiger partial charge in [0.15, 0.2) is 5.82 Å². The molecular weight excluding hydrogens is 309 g/mol. The maximum absolute atomic E-state index is 13.0. The van der Waals surface area contributed by atoms with Crippen LogP contribution in [0.3, 0.4) is 0 Å². The molecule has 2 rings (SSSR count). The van der Waals surface area contributed by atoms with E-state index in [1.807, 2.05) is 6.92 Å². The van der Waals surface area contributed by atoms with E-state index in [4.69, 9.17) is 4.74 Å². The zero-order chi connectivity index (χ0) is 14.8. The molecule has 0 aliphatic heterocycles. The van der Waals surface area contributed by atoms with Crippen molar-refractivity contribution in [2.24, 2.45) is 0 Å². The van der Waals surface area contributed by atoms with Gasteiger partial charge in [-0.05, 0) is 19.9 Å². The molecule has 0 bridgehead atoms. The first-order chi connectivity index (χ1) is 9.41. The third-order valence-electron chi connectivity index (χ3n) is 2.87. The van der Waals surface area contributed by atoms with Crippen molar-refractivity contribution in [3.05, 3.63) is 35.9 Å². The number of ether oxygens (including phenoxy) is 1. The second-order valence-electron chi connectivity index (χ2n) is 4.40. The van der Waals surface area contributed by atoms with E-state index in [1.54, 1.807) is 17.7 Å². The van der Waals surface area contributed by atoms with Gasteiger partial charge in [0.2, 0.25) is 0 Å². The molecule has 0 aliphatic carbocycles. The number of halogens is 3. The molecule has 2 aromatic rings. The molecule has 0 radical (unpaired) electrons. The van der Waals surface area contributed by atoms with Crippen molar-refractivity contribution in [2.75, 3.05) is 0 Å². The van der Waals surface area contributed by atoms with Crippen LogP contribution >= 0.6 is 0 Å². The van der Waals surface area contributed by atoms with E-state index < -0.39 is 12.4 Å². The normalized spacial score (nSPS) is 11.1. The van der Waals surface area contributed by atoms with Gasteiger partial charge in [0.1, 0.15) is 12.9 Å². The van der Waals surface area contributed by atoms with Crippen molar-refractivity contribution < 1.29 is 69.1 Å². The smallest absolute Gasteiger partial charge is 0.489 e. The molecule has 9 heteroatoms. The van der Waals surface area contributed by atoms with Crippen molar-refractivity contribution in [3.63, 3.8) is 0 Å². The summed E-state index contributed by atoms with van der Waals surface area (Å²) in [6.07, 6.45) is 1.35.